The number of rotatable bonds is 6. The lowest BCUT2D eigenvalue weighted by Crippen LogP contribution is -2.01. The summed E-state index contributed by atoms with van der Waals surface area (Å²) in [5, 5.41) is 0. The fourth-order valence-electron chi connectivity index (χ4n) is 1.38. The maximum Gasteiger partial charge on any atom is 0.162 e. The van der Waals surface area contributed by atoms with E-state index in [2.05, 4.69) is 0 Å². The molecule has 0 saturated carbocycles. The predicted molar refractivity (Wildman–Crippen MR) is 63.4 cm³/mol. The number of hydrogen-bond acceptors (Lipinski definition) is 3. The van der Waals surface area contributed by atoms with Crippen molar-refractivity contribution < 1.29 is 14.3 Å². The third-order valence-electron chi connectivity index (χ3n) is 2.27. The zero-order chi connectivity index (χ0) is 12.0. The van der Waals surface area contributed by atoms with Crippen LogP contribution in [0.5, 0.6) is 11.5 Å². The van der Waals surface area contributed by atoms with Crippen molar-refractivity contribution in [3.05, 3.63) is 23.8 Å². The van der Waals surface area contributed by atoms with Crippen molar-refractivity contribution in [2.45, 2.75) is 26.7 Å². The van der Waals surface area contributed by atoms with Crippen molar-refractivity contribution in [2.24, 2.45) is 0 Å². The zero-order valence-electron chi connectivity index (χ0n) is 10.1. The molecule has 0 heterocycles. The fourth-order valence-corrected chi connectivity index (χ4v) is 1.38. The summed E-state index contributed by atoms with van der Waals surface area (Å²) in [6.07, 6.45) is 1.44. The third kappa shape index (κ3) is 2.99. The summed E-state index contributed by atoms with van der Waals surface area (Å²) in [5.41, 5.74) is 0.670. The van der Waals surface area contributed by atoms with Crippen molar-refractivity contribution in [1.29, 1.82) is 0 Å². The molecule has 0 aliphatic carbocycles. The number of ether oxygens (including phenoxy) is 2. The van der Waals surface area contributed by atoms with E-state index in [4.69, 9.17) is 9.47 Å². The highest BCUT2D eigenvalue weighted by atomic mass is 16.5. The van der Waals surface area contributed by atoms with Crippen LogP contribution in [-0.4, -0.2) is 19.5 Å². The quantitative estimate of drug-likeness (QED) is 0.694. The first-order valence-corrected chi connectivity index (χ1v) is 5.57. The van der Waals surface area contributed by atoms with Crippen molar-refractivity contribution >= 4 is 5.78 Å². The lowest BCUT2D eigenvalue weighted by Gasteiger charge is -2.10. The summed E-state index contributed by atoms with van der Waals surface area (Å²) in [6.45, 7) is 4.54. The molecule has 0 atom stereocenters. The minimum absolute atomic E-state index is 0.111. The van der Waals surface area contributed by atoms with Gasteiger partial charge in [0.25, 0.3) is 0 Å². The van der Waals surface area contributed by atoms with Gasteiger partial charge in [0.1, 0.15) is 0 Å². The van der Waals surface area contributed by atoms with Crippen molar-refractivity contribution in [2.75, 3.05) is 13.7 Å². The van der Waals surface area contributed by atoms with Gasteiger partial charge in [-0.05, 0) is 24.6 Å². The van der Waals surface area contributed by atoms with E-state index in [1.165, 1.54) is 0 Å². The molecule has 1 rings (SSSR count). The SMILES string of the molecule is CCCOc1ccc(C(=O)CC)cc1OC. The van der Waals surface area contributed by atoms with Crippen LogP contribution in [0.4, 0.5) is 0 Å². The zero-order valence-corrected chi connectivity index (χ0v) is 10.1. The average Bonchev–Trinajstić information content (AvgIpc) is 2.35. The molecule has 0 aliphatic rings. The molecular formula is C13H18O3. The summed E-state index contributed by atoms with van der Waals surface area (Å²) in [5.74, 6) is 1.42. The number of Topliss-reactive ketones (excluding diaryl/α,β-unsaturated/α-hetero) is 1. The van der Waals surface area contributed by atoms with Crippen LogP contribution in [0.25, 0.3) is 0 Å². The van der Waals surface area contributed by atoms with E-state index in [9.17, 15) is 4.79 Å². The number of hydrogen-bond donors (Lipinski definition) is 0. The minimum Gasteiger partial charge on any atom is -0.493 e. The Bertz CT molecular complexity index is 358. The number of benzene rings is 1. The highest BCUT2D eigenvalue weighted by Crippen LogP contribution is 2.28. The molecule has 0 amide bonds. The molecule has 0 aliphatic heterocycles. The van der Waals surface area contributed by atoms with E-state index in [0.717, 1.165) is 6.42 Å². The van der Waals surface area contributed by atoms with Crippen LogP contribution >= 0.6 is 0 Å². The number of carbonyl (C=O) groups is 1. The molecule has 0 N–H and O–H groups in total. The van der Waals surface area contributed by atoms with Crippen molar-refractivity contribution in [3.63, 3.8) is 0 Å². The lowest BCUT2D eigenvalue weighted by atomic mass is 10.1. The molecule has 16 heavy (non-hydrogen) atoms. The van der Waals surface area contributed by atoms with Gasteiger partial charge >= 0.3 is 0 Å². The number of ketones is 1. The monoisotopic (exact) mass is 222 g/mol. The summed E-state index contributed by atoms with van der Waals surface area (Å²) in [6, 6.07) is 5.30. The fraction of sp³-hybridized carbons (Fsp3) is 0.462. The van der Waals surface area contributed by atoms with Crippen LogP contribution in [0.1, 0.15) is 37.0 Å². The summed E-state index contributed by atoms with van der Waals surface area (Å²) in [4.78, 5) is 11.5. The van der Waals surface area contributed by atoms with Crippen LogP contribution in [0, 0.1) is 0 Å². The molecule has 1 aromatic rings. The van der Waals surface area contributed by atoms with E-state index in [1.54, 1.807) is 25.3 Å². The molecule has 1 aromatic carbocycles. The molecular weight excluding hydrogens is 204 g/mol. The first kappa shape index (κ1) is 12.6. The number of methoxy groups -OCH3 is 1. The normalized spacial score (nSPS) is 9.94. The Morgan fingerprint density at radius 1 is 1.25 bits per heavy atom. The molecule has 0 spiro atoms. The summed E-state index contributed by atoms with van der Waals surface area (Å²) < 4.78 is 10.7. The highest BCUT2D eigenvalue weighted by molar-refractivity contribution is 5.96. The van der Waals surface area contributed by atoms with Gasteiger partial charge in [0.15, 0.2) is 17.3 Å². The summed E-state index contributed by atoms with van der Waals surface area (Å²) >= 11 is 0. The van der Waals surface area contributed by atoms with E-state index < -0.39 is 0 Å². The second-order valence-electron chi connectivity index (χ2n) is 3.49. The van der Waals surface area contributed by atoms with Gasteiger partial charge in [-0.15, -0.1) is 0 Å². The molecule has 0 unspecified atom stereocenters. The van der Waals surface area contributed by atoms with Gasteiger partial charge in [0, 0.05) is 12.0 Å². The molecule has 3 nitrogen and oxygen atoms in total. The molecule has 3 heteroatoms. The lowest BCUT2D eigenvalue weighted by molar-refractivity contribution is 0.0987. The Morgan fingerprint density at radius 3 is 2.56 bits per heavy atom. The van der Waals surface area contributed by atoms with Gasteiger partial charge in [0.05, 0.1) is 13.7 Å². The van der Waals surface area contributed by atoms with E-state index in [0.29, 0.717) is 30.1 Å². The van der Waals surface area contributed by atoms with Crippen LogP contribution in [0.3, 0.4) is 0 Å². The van der Waals surface area contributed by atoms with Gasteiger partial charge in [-0.3, -0.25) is 4.79 Å². The van der Waals surface area contributed by atoms with Gasteiger partial charge < -0.3 is 9.47 Å². The smallest absolute Gasteiger partial charge is 0.162 e. The predicted octanol–water partition coefficient (Wildman–Crippen LogP) is 3.08. The number of carbonyl (C=O) groups excluding carboxylic acids is 1. The molecule has 0 fully saturated rings. The Hall–Kier alpha value is -1.51. The molecule has 0 saturated heterocycles. The third-order valence-corrected chi connectivity index (χ3v) is 2.27. The Morgan fingerprint density at radius 2 is 2.00 bits per heavy atom. The van der Waals surface area contributed by atoms with E-state index in [-0.39, 0.29) is 5.78 Å². The average molecular weight is 222 g/mol. The molecule has 0 aromatic heterocycles. The van der Waals surface area contributed by atoms with Crippen LogP contribution in [0.2, 0.25) is 0 Å². The van der Waals surface area contributed by atoms with Crippen molar-refractivity contribution in [3.8, 4) is 11.5 Å². The topological polar surface area (TPSA) is 35.5 Å². The largest absolute Gasteiger partial charge is 0.493 e. The molecule has 0 bridgehead atoms. The second kappa shape index (κ2) is 6.16. The Labute approximate surface area is 96.4 Å². The van der Waals surface area contributed by atoms with E-state index in [1.807, 2.05) is 13.8 Å². The maximum absolute atomic E-state index is 11.5. The van der Waals surface area contributed by atoms with Crippen LogP contribution in [-0.2, 0) is 0 Å². The van der Waals surface area contributed by atoms with Crippen LogP contribution in [0.15, 0.2) is 18.2 Å². The maximum atomic E-state index is 11.5. The van der Waals surface area contributed by atoms with E-state index >= 15 is 0 Å². The first-order chi connectivity index (χ1) is 7.72. The highest BCUT2D eigenvalue weighted by Gasteiger charge is 2.09. The van der Waals surface area contributed by atoms with Gasteiger partial charge in [-0.25, -0.2) is 0 Å². The van der Waals surface area contributed by atoms with Gasteiger partial charge in [-0.1, -0.05) is 13.8 Å². The minimum atomic E-state index is 0.111. The first-order valence-electron chi connectivity index (χ1n) is 5.57. The molecule has 88 valence electrons. The van der Waals surface area contributed by atoms with Crippen molar-refractivity contribution in [1.82, 2.24) is 0 Å². The Balaban J connectivity index is 2.92. The Kier molecular flexibility index (Phi) is 4.83. The van der Waals surface area contributed by atoms with Crippen LogP contribution < -0.4 is 9.47 Å². The van der Waals surface area contributed by atoms with Gasteiger partial charge in [0.2, 0.25) is 0 Å². The molecule has 0 radical (unpaired) electrons. The summed E-state index contributed by atoms with van der Waals surface area (Å²) in [7, 11) is 1.58. The van der Waals surface area contributed by atoms with Gasteiger partial charge in [-0.2, -0.15) is 0 Å². The standard InChI is InChI=1S/C13H18O3/c1-4-8-16-12-7-6-10(11(14)5-2)9-13(12)15-3/h6-7,9H,4-5,8H2,1-3H3. The second-order valence-corrected chi connectivity index (χ2v) is 3.49.